The third kappa shape index (κ3) is 5.38. The van der Waals surface area contributed by atoms with Gasteiger partial charge in [0.05, 0.1) is 19.1 Å². The van der Waals surface area contributed by atoms with Crippen LogP contribution in [0.15, 0.2) is 30.5 Å². The van der Waals surface area contributed by atoms with E-state index >= 15 is 0 Å². The van der Waals surface area contributed by atoms with Crippen LogP contribution >= 0.6 is 0 Å². The summed E-state index contributed by atoms with van der Waals surface area (Å²) in [5.74, 6) is -5.90. The minimum atomic E-state index is -4.61. The van der Waals surface area contributed by atoms with Crippen molar-refractivity contribution in [1.82, 2.24) is 4.98 Å². The number of halogens is 5. The van der Waals surface area contributed by atoms with Crippen molar-refractivity contribution < 1.29 is 41.0 Å². The van der Waals surface area contributed by atoms with E-state index in [9.17, 15) is 31.5 Å². The van der Waals surface area contributed by atoms with Crippen LogP contribution in [0.2, 0.25) is 0 Å². The van der Waals surface area contributed by atoms with E-state index in [1.54, 1.807) is 0 Å². The van der Waals surface area contributed by atoms with E-state index in [2.05, 4.69) is 10.3 Å². The summed E-state index contributed by atoms with van der Waals surface area (Å²) in [5, 5.41) is 2.44. The Labute approximate surface area is 185 Å². The fourth-order valence-electron chi connectivity index (χ4n) is 3.96. The van der Waals surface area contributed by atoms with Gasteiger partial charge < -0.3 is 20.5 Å². The summed E-state index contributed by atoms with van der Waals surface area (Å²) in [5.41, 5.74) is 3.26. The monoisotopic (exact) mass is 473 g/mol. The number of benzene rings is 1. The quantitative estimate of drug-likeness (QED) is 0.623. The van der Waals surface area contributed by atoms with Crippen LogP contribution in [0.4, 0.5) is 27.6 Å². The number of primary amides is 1. The van der Waals surface area contributed by atoms with Crippen molar-refractivity contribution in [3.05, 3.63) is 53.4 Å². The minimum absolute atomic E-state index is 0.0185. The molecular formula is C21H20F5N3O4. The Balaban J connectivity index is 1.99. The molecule has 1 aliphatic rings. The Bertz CT molecular complexity index is 1080. The molecule has 1 saturated heterocycles. The lowest BCUT2D eigenvalue weighted by atomic mass is 9.84. The molecule has 0 bridgehead atoms. The number of amides is 2. The van der Waals surface area contributed by atoms with Crippen LogP contribution in [0, 0.1) is 11.6 Å². The lowest BCUT2D eigenvalue weighted by molar-refractivity contribution is -0.182. The average molecular weight is 473 g/mol. The van der Waals surface area contributed by atoms with E-state index in [0.717, 1.165) is 19.2 Å². The zero-order chi connectivity index (χ0) is 24.6. The van der Waals surface area contributed by atoms with Gasteiger partial charge in [0.1, 0.15) is 11.8 Å². The Morgan fingerprint density at radius 3 is 2.61 bits per heavy atom. The number of rotatable bonds is 6. The maximum Gasteiger partial charge on any atom is 0.391 e. The van der Waals surface area contributed by atoms with Crippen LogP contribution in [0.1, 0.15) is 41.7 Å². The number of aromatic nitrogens is 1. The number of methoxy groups -OCH3 is 1. The van der Waals surface area contributed by atoms with Gasteiger partial charge in [0.25, 0.3) is 11.8 Å². The second kappa shape index (κ2) is 8.93. The van der Waals surface area contributed by atoms with Crippen LogP contribution in [0.3, 0.4) is 0 Å². The van der Waals surface area contributed by atoms with E-state index in [1.165, 1.54) is 25.3 Å². The molecule has 0 saturated carbocycles. The molecule has 0 unspecified atom stereocenters. The molecule has 2 aromatic rings. The first-order valence-electron chi connectivity index (χ1n) is 9.67. The first kappa shape index (κ1) is 24.4. The van der Waals surface area contributed by atoms with Gasteiger partial charge in [-0.05, 0) is 31.5 Å². The molecule has 12 heteroatoms. The van der Waals surface area contributed by atoms with Crippen LogP contribution < -0.4 is 15.8 Å². The molecule has 2 heterocycles. The number of hydrogen-bond donors (Lipinski definition) is 2. The standard InChI is InChI=1S/C21H20F5N3O4/c1-20(9-21(24,25)26)8-12(11-3-4-13(22)15(23)16(11)32-2)17(33-20)19(31)29-10-5-6-28-14(7-10)18(27)30/h3-7,12,17H,8-9H2,1-2H3,(H2,27,30)(H,28,29,31)/t12-,17+,20-/m1/s1. The number of nitrogens with two attached hydrogens (primary N) is 1. The van der Waals surface area contributed by atoms with Crippen molar-refractivity contribution in [2.75, 3.05) is 12.4 Å². The second-order valence-corrected chi connectivity index (χ2v) is 7.86. The molecule has 3 atom stereocenters. The van der Waals surface area contributed by atoms with E-state index in [0.29, 0.717) is 0 Å². The number of carbonyl (C=O) groups is 2. The molecule has 1 fully saturated rings. The second-order valence-electron chi connectivity index (χ2n) is 7.86. The Hall–Kier alpha value is -3.28. The van der Waals surface area contributed by atoms with Gasteiger partial charge in [0, 0.05) is 23.4 Å². The molecular weight excluding hydrogens is 453 g/mol. The molecule has 1 aromatic heterocycles. The lowest BCUT2D eigenvalue weighted by Crippen LogP contribution is -2.36. The topological polar surface area (TPSA) is 104 Å². The average Bonchev–Trinajstić information content (AvgIpc) is 3.05. The normalized spacial score (nSPS) is 22.8. The summed E-state index contributed by atoms with van der Waals surface area (Å²) in [7, 11) is 1.07. The van der Waals surface area contributed by atoms with E-state index in [1.807, 2.05) is 0 Å². The van der Waals surface area contributed by atoms with E-state index in [-0.39, 0.29) is 23.4 Å². The molecule has 0 aliphatic carbocycles. The lowest BCUT2D eigenvalue weighted by Gasteiger charge is -2.25. The number of ether oxygens (including phenoxy) is 2. The van der Waals surface area contributed by atoms with Gasteiger partial charge in [-0.25, -0.2) is 4.39 Å². The summed E-state index contributed by atoms with van der Waals surface area (Å²) < 4.78 is 78.0. The molecule has 0 spiro atoms. The van der Waals surface area contributed by atoms with Crippen molar-refractivity contribution in [2.45, 2.75) is 43.6 Å². The predicted octanol–water partition coefficient (Wildman–Crippen LogP) is 3.69. The highest BCUT2D eigenvalue weighted by molar-refractivity contribution is 5.97. The van der Waals surface area contributed by atoms with Crippen LogP contribution in [0.5, 0.6) is 5.75 Å². The fraction of sp³-hybridized carbons (Fsp3) is 0.381. The van der Waals surface area contributed by atoms with Gasteiger partial charge >= 0.3 is 6.18 Å². The maximum absolute atomic E-state index is 14.3. The summed E-state index contributed by atoms with van der Waals surface area (Å²) in [6.07, 6.45) is -6.61. The number of alkyl halides is 3. The Kier molecular flexibility index (Phi) is 6.59. The van der Waals surface area contributed by atoms with Crippen molar-refractivity contribution in [2.24, 2.45) is 5.73 Å². The number of carbonyl (C=O) groups excluding carboxylic acids is 2. The van der Waals surface area contributed by atoms with Crippen molar-refractivity contribution in [1.29, 1.82) is 0 Å². The summed E-state index contributed by atoms with van der Waals surface area (Å²) in [4.78, 5) is 28.1. The van der Waals surface area contributed by atoms with Crippen LogP contribution in [-0.4, -0.2) is 41.8 Å². The highest BCUT2D eigenvalue weighted by Crippen LogP contribution is 2.49. The predicted molar refractivity (Wildman–Crippen MR) is 106 cm³/mol. The fourth-order valence-corrected chi connectivity index (χ4v) is 3.96. The van der Waals surface area contributed by atoms with Crippen molar-refractivity contribution in [3.8, 4) is 5.75 Å². The SMILES string of the molecule is COc1c([C@H]2C[C@](C)(CC(F)(F)F)O[C@@H]2C(=O)Nc2ccnc(C(N)=O)c2)ccc(F)c1F. The zero-order valence-corrected chi connectivity index (χ0v) is 17.5. The zero-order valence-electron chi connectivity index (χ0n) is 17.5. The van der Waals surface area contributed by atoms with Gasteiger partial charge in [-0.2, -0.15) is 17.6 Å². The highest BCUT2D eigenvalue weighted by atomic mass is 19.4. The molecule has 3 rings (SSSR count). The Morgan fingerprint density at radius 1 is 1.30 bits per heavy atom. The van der Waals surface area contributed by atoms with Crippen LogP contribution in [0.25, 0.3) is 0 Å². The summed E-state index contributed by atoms with van der Waals surface area (Å²) in [6.45, 7) is 1.19. The number of pyridine rings is 1. The van der Waals surface area contributed by atoms with Gasteiger partial charge in [-0.15, -0.1) is 0 Å². The molecule has 1 aliphatic heterocycles. The largest absolute Gasteiger partial charge is 0.493 e. The third-order valence-electron chi connectivity index (χ3n) is 5.23. The number of nitrogens with zero attached hydrogens (tertiary/aromatic N) is 1. The molecule has 0 radical (unpaired) electrons. The molecule has 3 N–H and O–H groups in total. The van der Waals surface area contributed by atoms with Gasteiger partial charge in [0.2, 0.25) is 5.82 Å². The molecule has 33 heavy (non-hydrogen) atoms. The van der Waals surface area contributed by atoms with Crippen molar-refractivity contribution in [3.63, 3.8) is 0 Å². The van der Waals surface area contributed by atoms with Crippen LogP contribution in [-0.2, 0) is 9.53 Å². The van der Waals surface area contributed by atoms with Crippen molar-refractivity contribution >= 4 is 17.5 Å². The third-order valence-corrected chi connectivity index (χ3v) is 5.23. The van der Waals surface area contributed by atoms with Gasteiger partial charge in [0.15, 0.2) is 11.6 Å². The highest BCUT2D eigenvalue weighted by Gasteiger charge is 2.52. The number of anilines is 1. The van der Waals surface area contributed by atoms with E-state index in [4.69, 9.17) is 15.2 Å². The molecule has 1 aromatic carbocycles. The first-order valence-corrected chi connectivity index (χ1v) is 9.67. The number of hydrogen-bond acceptors (Lipinski definition) is 5. The molecule has 2 amide bonds. The van der Waals surface area contributed by atoms with Gasteiger partial charge in [-0.3, -0.25) is 14.6 Å². The Morgan fingerprint density at radius 2 is 2.00 bits per heavy atom. The molecule has 178 valence electrons. The smallest absolute Gasteiger partial charge is 0.391 e. The minimum Gasteiger partial charge on any atom is -0.493 e. The summed E-state index contributed by atoms with van der Waals surface area (Å²) >= 11 is 0. The van der Waals surface area contributed by atoms with Gasteiger partial charge in [-0.1, -0.05) is 6.07 Å². The van der Waals surface area contributed by atoms with E-state index < -0.39 is 59.4 Å². The summed E-state index contributed by atoms with van der Waals surface area (Å²) in [6, 6.07) is 4.45. The maximum atomic E-state index is 14.3. The molecule has 7 nitrogen and oxygen atoms in total. The first-order chi connectivity index (χ1) is 15.3. The number of nitrogens with one attached hydrogen (secondary N) is 1.